The maximum atomic E-state index is 14.4. The molecule has 0 fully saturated rings. The van der Waals surface area contributed by atoms with E-state index in [0.29, 0.717) is 5.82 Å². The van der Waals surface area contributed by atoms with Crippen molar-refractivity contribution in [2.24, 2.45) is 12.8 Å². The van der Waals surface area contributed by atoms with Gasteiger partial charge in [-0.15, -0.1) is 10.2 Å². The minimum Gasteiger partial charge on any atom is -0.478 e. The Morgan fingerprint density at radius 1 is 1.18 bits per heavy atom. The zero-order valence-electron chi connectivity index (χ0n) is 15.3. The van der Waals surface area contributed by atoms with Gasteiger partial charge in [-0.05, 0) is 50.2 Å². The molecule has 2 N–H and O–H groups in total. The first-order valence-electron chi connectivity index (χ1n) is 8.24. The van der Waals surface area contributed by atoms with Crippen LogP contribution in [0.25, 0.3) is 11.4 Å². The highest BCUT2D eigenvalue weighted by Gasteiger charge is 2.31. The number of amides is 1. The normalized spacial score (nSPS) is 11.5. The van der Waals surface area contributed by atoms with Gasteiger partial charge in [-0.2, -0.15) is 0 Å². The van der Waals surface area contributed by atoms with Crippen LogP contribution in [0.4, 0.5) is 8.78 Å². The van der Waals surface area contributed by atoms with E-state index in [2.05, 4.69) is 10.2 Å². The van der Waals surface area contributed by atoms with Gasteiger partial charge in [-0.25, -0.2) is 8.78 Å². The van der Waals surface area contributed by atoms with Crippen LogP contribution < -0.4 is 10.5 Å². The molecule has 28 heavy (non-hydrogen) atoms. The maximum absolute atomic E-state index is 14.4. The predicted molar refractivity (Wildman–Crippen MR) is 100.0 cm³/mol. The summed E-state index contributed by atoms with van der Waals surface area (Å²) in [5.74, 6) is -0.958. The van der Waals surface area contributed by atoms with Crippen molar-refractivity contribution in [3.05, 3.63) is 64.4 Å². The number of carbonyl (C=O) groups is 1. The lowest BCUT2D eigenvalue weighted by atomic mass is 10.1. The third kappa shape index (κ3) is 3.68. The largest absolute Gasteiger partial charge is 0.478 e. The van der Waals surface area contributed by atoms with Crippen LogP contribution >= 0.6 is 11.6 Å². The fraction of sp³-hybridized carbons (Fsp3) is 0.211. The summed E-state index contributed by atoms with van der Waals surface area (Å²) >= 11 is 6.03. The van der Waals surface area contributed by atoms with Crippen molar-refractivity contribution in [3.8, 4) is 17.1 Å². The average Bonchev–Trinajstić information content (AvgIpc) is 2.99. The number of halogens is 3. The molecule has 0 radical (unpaired) electrons. The Labute approximate surface area is 164 Å². The van der Waals surface area contributed by atoms with Gasteiger partial charge in [0.25, 0.3) is 0 Å². The summed E-state index contributed by atoms with van der Waals surface area (Å²) in [5, 5.41) is 8.28. The van der Waals surface area contributed by atoms with Crippen molar-refractivity contribution < 1.29 is 18.3 Å². The molecule has 0 aliphatic carbocycles. The molecule has 0 aliphatic rings. The van der Waals surface area contributed by atoms with Gasteiger partial charge in [0.1, 0.15) is 17.4 Å². The Bertz CT molecular complexity index is 1070. The minimum absolute atomic E-state index is 0.0539. The van der Waals surface area contributed by atoms with E-state index in [1.54, 1.807) is 25.5 Å². The zero-order chi connectivity index (χ0) is 20.6. The van der Waals surface area contributed by atoms with Crippen molar-refractivity contribution in [2.45, 2.75) is 19.4 Å². The smallest absolute Gasteiger partial charge is 0.248 e. The Balaban J connectivity index is 1.97. The van der Waals surface area contributed by atoms with Gasteiger partial charge >= 0.3 is 0 Å². The van der Waals surface area contributed by atoms with Crippen LogP contribution in [-0.2, 0) is 12.6 Å². The minimum atomic E-state index is -1.01. The number of nitrogens with two attached hydrogens (primary N) is 1. The Morgan fingerprint density at radius 2 is 1.89 bits per heavy atom. The highest BCUT2D eigenvalue weighted by Crippen LogP contribution is 2.33. The number of ether oxygens (including phenoxy) is 1. The fourth-order valence-corrected chi connectivity index (χ4v) is 3.02. The van der Waals surface area contributed by atoms with E-state index >= 15 is 0 Å². The summed E-state index contributed by atoms with van der Waals surface area (Å²) < 4.78 is 35.2. The lowest BCUT2D eigenvalue weighted by Gasteiger charge is -2.26. The molecule has 0 bridgehead atoms. The summed E-state index contributed by atoms with van der Waals surface area (Å²) in [6.07, 6.45) is 0. The molecule has 1 amide bonds. The Morgan fingerprint density at radius 3 is 2.50 bits per heavy atom. The standard InChI is InChI=1S/C19H17ClF2N4O2/c1-19(2,28-15-7-5-11(21)9-13(15)20)18-25-24-17(26(18)3)12-6-4-10(16(23)27)8-14(12)22/h4-9H,1-3H3,(H2,23,27). The Hall–Kier alpha value is -3.00. The second-order valence-electron chi connectivity index (χ2n) is 6.65. The van der Waals surface area contributed by atoms with Gasteiger partial charge in [0.15, 0.2) is 17.2 Å². The first-order chi connectivity index (χ1) is 13.1. The van der Waals surface area contributed by atoms with Crippen LogP contribution in [0.1, 0.15) is 30.0 Å². The average molecular weight is 407 g/mol. The van der Waals surface area contributed by atoms with Crippen LogP contribution in [0, 0.1) is 11.6 Å². The zero-order valence-corrected chi connectivity index (χ0v) is 16.1. The van der Waals surface area contributed by atoms with E-state index in [1.807, 2.05) is 0 Å². The molecule has 1 heterocycles. The second kappa shape index (κ2) is 7.20. The number of aromatic nitrogens is 3. The number of hydrogen-bond acceptors (Lipinski definition) is 4. The molecule has 3 aromatic rings. The molecular formula is C19H17ClF2N4O2. The number of carbonyl (C=O) groups excluding carboxylic acids is 1. The SMILES string of the molecule is Cn1c(-c2ccc(C(N)=O)cc2F)nnc1C(C)(C)Oc1ccc(F)cc1Cl. The van der Waals surface area contributed by atoms with E-state index < -0.39 is 23.1 Å². The fourth-order valence-electron chi connectivity index (χ4n) is 2.82. The number of hydrogen-bond donors (Lipinski definition) is 1. The van der Waals surface area contributed by atoms with Crippen LogP contribution in [-0.4, -0.2) is 20.7 Å². The number of primary amides is 1. The number of rotatable bonds is 5. The van der Waals surface area contributed by atoms with Crippen LogP contribution in [0.2, 0.25) is 5.02 Å². The van der Waals surface area contributed by atoms with Gasteiger partial charge in [-0.3, -0.25) is 4.79 Å². The van der Waals surface area contributed by atoms with Crippen molar-refractivity contribution in [1.29, 1.82) is 0 Å². The lowest BCUT2D eigenvalue weighted by molar-refractivity contribution is 0.0949. The molecule has 9 heteroatoms. The highest BCUT2D eigenvalue weighted by molar-refractivity contribution is 6.32. The van der Waals surface area contributed by atoms with Crippen molar-refractivity contribution in [2.75, 3.05) is 0 Å². The summed E-state index contributed by atoms with van der Waals surface area (Å²) in [7, 11) is 1.66. The van der Waals surface area contributed by atoms with Gasteiger partial charge in [0.2, 0.25) is 5.91 Å². The van der Waals surface area contributed by atoms with Gasteiger partial charge in [0, 0.05) is 12.6 Å². The molecule has 0 atom stereocenters. The van der Waals surface area contributed by atoms with Gasteiger partial charge in [-0.1, -0.05) is 11.6 Å². The molecular weight excluding hydrogens is 390 g/mol. The van der Waals surface area contributed by atoms with E-state index in [9.17, 15) is 13.6 Å². The molecule has 0 unspecified atom stereocenters. The van der Waals surface area contributed by atoms with Gasteiger partial charge in [0.05, 0.1) is 10.6 Å². The molecule has 6 nitrogen and oxygen atoms in total. The molecule has 146 valence electrons. The summed E-state index contributed by atoms with van der Waals surface area (Å²) in [5.41, 5.74) is 4.37. The maximum Gasteiger partial charge on any atom is 0.248 e. The number of nitrogens with zero attached hydrogens (tertiary/aromatic N) is 3. The third-order valence-electron chi connectivity index (χ3n) is 4.17. The van der Waals surface area contributed by atoms with Crippen LogP contribution in [0.3, 0.4) is 0 Å². The third-order valence-corrected chi connectivity index (χ3v) is 4.46. The molecule has 2 aromatic carbocycles. The quantitative estimate of drug-likeness (QED) is 0.698. The molecule has 0 aliphatic heterocycles. The van der Waals surface area contributed by atoms with E-state index in [0.717, 1.165) is 12.1 Å². The molecule has 1 aromatic heterocycles. The molecule has 0 spiro atoms. The first-order valence-corrected chi connectivity index (χ1v) is 8.61. The van der Waals surface area contributed by atoms with E-state index in [4.69, 9.17) is 22.1 Å². The molecule has 3 rings (SSSR count). The summed E-state index contributed by atoms with van der Waals surface area (Å²) in [6.45, 7) is 3.46. The van der Waals surface area contributed by atoms with E-state index in [-0.39, 0.29) is 27.7 Å². The summed E-state index contributed by atoms with van der Waals surface area (Å²) in [4.78, 5) is 11.2. The summed E-state index contributed by atoms with van der Waals surface area (Å²) in [6, 6.07) is 7.66. The first kappa shape index (κ1) is 19.8. The van der Waals surface area contributed by atoms with E-state index in [1.165, 1.54) is 24.3 Å². The molecule has 0 saturated heterocycles. The monoisotopic (exact) mass is 406 g/mol. The molecule has 0 saturated carbocycles. The second-order valence-corrected chi connectivity index (χ2v) is 7.06. The lowest BCUT2D eigenvalue weighted by Crippen LogP contribution is -2.29. The van der Waals surface area contributed by atoms with Crippen molar-refractivity contribution >= 4 is 17.5 Å². The topological polar surface area (TPSA) is 83.0 Å². The predicted octanol–water partition coefficient (Wildman–Crippen LogP) is 3.83. The van der Waals surface area contributed by atoms with Crippen LogP contribution in [0.5, 0.6) is 5.75 Å². The highest BCUT2D eigenvalue weighted by atomic mass is 35.5. The number of benzene rings is 2. The van der Waals surface area contributed by atoms with Crippen molar-refractivity contribution in [1.82, 2.24) is 14.8 Å². The van der Waals surface area contributed by atoms with Gasteiger partial charge < -0.3 is 15.0 Å². The van der Waals surface area contributed by atoms with Crippen molar-refractivity contribution in [3.63, 3.8) is 0 Å². The Kier molecular flexibility index (Phi) is 5.08. The van der Waals surface area contributed by atoms with Crippen LogP contribution in [0.15, 0.2) is 36.4 Å².